The Morgan fingerprint density at radius 2 is 1.75 bits per heavy atom. The van der Waals surface area contributed by atoms with Crippen LogP contribution in [0.5, 0.6) is 0 Å². The summed E-state index contributed by atoms with van der Waals surface area (Å²) in [6.07, 6.45) is 1.09. The molecule has 1 aliphatic rings. The van der Waals surface area contributed by atoms with E-state index in [0.29, 0.717) is 6.04 Å². The third kappa shape index (κ3) is 1.68. The lowest BCUT2D eigenvalue weighted by molar-refractivity contribution is 0.752. The molecule has 20 heavy (non-hydrogen) atoms. The van der Waals surface area contributed by atoms with Crippen LogP contribution in [0.3, 0.4) is 0 Å². The number of rotatable bonds is 1. The molecule has 0 fully saturated rings. The topological polar surface area (TPSA) is 16.1 Å². The lowest BCUT2D eigenvalue weighted by Crippen LogP contribution is -2.24. The molecular weight excluding hydrogens is 244 g/mol. The highest BCUT2D eigenvalue weighted by atomic mass is 15.2. The van der Waals surface area contributed by atoms with Crippen LogP contribution >= 0.6 is 0 Å². The van der Waals surface area contributed by atoms with Gasteiger partial charge in [-0.1, -0.05) is 36.4 Å². The van der Waals surface area contributed by atoms with Gasteiger partial charge in [-0.3, -0.25) is 0 Å². The first-order valence-corrected chi connectivity index (χ1v) is 7.06. The summed E-state index contributed by atoms with van der Waals surface area (Å²) in [5.41, 5.74) is 3.76. The average Bonchev–Trinajstić information content (AvgIpc) is 2.82. The number of hydrogen-bond donors (Lipinski definition) is 0. The van der Waals surface area contributed by atoms with E-state index in [9.17, 15) is 0 Å². The van der Waals surface area contributed by atoms with E-state index in [1.807, 2.05) is 6.07 Å². The number of para-hydroxylation sites is 2. The molecule has 0 N–H and O–H groups in total. The molecule has 1 aliphatic heterocycles. The second kappa shape index (κ2) is 4.34. The Hall–Kier alpha value is -2.35. The molecule has 0 aliphatic carbocycles. The molecule has 2 nitrogen and oxygen atoms in total. The van der Waals surface area contributed by atoms with Gasteiger partial charge >= 0.3 is 0 Å². The molecule has 98 valence electrons. The van der Waals surface area contributed by atoms with Crippen LogP contribution in [0.15, 0.2) is 60.7 Å². The minimum absolute atomic E-state index is 0.459. The van der Waals surface area contributed by atoms with Gasteiger partial charge in [-0.05, 0) is 43.2 Å². The first kappa shape index (κ1) is 11.5. The SMILES string of the molecule is C[C@@H]1Cc2ccccc2N1c1ccc2ccccc2n1. The van der Waals surface area contributed by atoms with Gasteiger partial charge in [0.15, 0.2) is 0 Å². The van der Waals surface area contributed by atoms with Gasteiger partial charge in [0.25, 0.3) is 0 Å². The highest BCUT2D eigenvalue weighted by Crippen LogP contribution is 2.37. The Morgan fingerprint density at radius 1 is 0.950 bits per heavy atom. The van der Waals surface area contributed by atoms with Crippen molar-refractivity contribution in [3.05, 3.63) is 66.2 Å². The minimum Gasteiger partial charge on any atom is -0.323 e. The van der Waals surface area contributed by atoms with Gasteiger partial charge in [-0.15, -0.1) is 0 Å². The molecule has 4 rings (SSSR count). The van der Waals surface area contributed by atoms with Gasteiger partial charge in [-0.2, -0.15) is 0 Å². The predicted molar refractivity (Wildman–Crippen MR) is 83.5 cm³/mol. The summed E-state index contributed by atoms with van der Waals surface area (Å²) in [5, 5.41) is 1.19. The van der Waals surface area contributed by atoms with Gasteiger partial charge in [-0.25, -0.2) is 4.98 Å². The van der Waals surface area contributed by atoms with Crippen LogP contribution in [0, 0.1) is 0 Å². The molecule has 0 saturated carbocycles. The molecule has 0 saturated heterocycles. The van der Waals surface area contributed by atoms with Gasteiger partial charge in [0.1, 0.15) is 5.82 Å². The van der Waals surface area contributed by atoms with Crippen molar-refractivity contribution in [1.29, 1.82) is 0 Å². The fourth-order valence-electron chi connectivity index (χ4n) is 3.10. The zero-order valence-corrected chi connectivity index (χ0v) is 11.5. The van der Waals surface area contributed by atoms with Crippen LogP contribution in [0.2, 0.25) is 0 Å². The number of fused-ring (bicyclic) bond motifs is 2. The van der Waals surface area contributed by atoms with E-state index in [2.05, 4.69) is 66.4 Å². The molecule has 2 aromatic carbocycles. The monoisotopic (exact) mass is 260 g/mol. The van der Waals surface area contributed by atoms with Crippen LogP contribution in [0.1, 0.15) is 12.5 Å². The van der Waals surface area contributed by atoms with E-state index in [1.54, 1.807) is 0 Å². The predicted octanol–water partition coefficient (Wildman–Crippen LogP) is 4.32. The first-order valence-electron chi connectivity index (χ1n) is 7.06. The molecule has 1 aromatic heterocycles. The van der Waals surface area contributed by atoms with Crippen molar-refractivity contribution in [2.75, 3.05) is 4.90 Å². The Balaban J connectivity index is 1.86. The number of anilines is 2. The zero-order chi connectivity index (χ0) is 13.5. The summed E-state index contributed by atoms with van der Waals surface area (Å²) in [6.45, 7) is 2.26. The van der Waals surface area contributed by atoms with Crippen LogP contribution < -0.4 is 4.90 Å². The number of aromatic nitrogens is 1. The van der Waals surface area contributed by atoms with Gasteiger partial charge in [0, 0.05) is 17.1 Å². The summed E-state index contributed by atoms with van der Waals surface area (Å²) in [5.74, 6) is 1.04. The van der Waals surface area contributed by atoms with Crippen LogP contribution in [0.4, 0.5) is 11.5 Å². The first-order chi connectivity index (χ1) is 9.83. The fourth-order valence-corrected chi connectivity index (χ4v) is 3.10. The molecule has 0 bridgehead atoms. The van der Waals surface area contributed by atoms with Gasteiger partial charge in [0.2, 0.25) is 0 Å². The maximum Gasteiger partial charge on any atom is 0.133 e. The largest absolute Gasteiger partial charge is 0.323 e. The minimum atomic E-state index is 0.459. The maximum absolute atomic E-state index is 4.83. The number of hydrogen-bond acceptors (Lipinski definition) is 2. The van der Waals surface area contributed by atoms with Crippen molar-refractivity contribution in [3.8, 4) is 0 Å². The van der Waals surface area contributed by atoms with E-state index >= 15 is 0 Å². The fraction of sp³-hybridized carbons (Fsp3) is 0.167. The maximum atomic E-state index is 4.83. The van der Waals surface area contributed by atoms with Gasteiger partial charge in [0.05, 0.1) is 5.52 Å². The summed E-state index contributed by atoms with van der Waals surface area (Å²) >= 11 is 0. The van der Waals surface area contributed by atoms with Crippen molar-refractivity contribution >= 4 is 22.4 Å². The standard InChI is InChI=1S/C18H16N2/c1-13-12-15-7-3-5-9-17(15)20(13)18-11-10-14-6-2-4-8-16(14)19-18/h2-11,13H,12H2,1H3/t13-/m1/s1. The second-order valence-corrected chi connectivity index (χ2v) is 5.41. The smallest absolute Gasteiger partial charge is 0.133 e. The molecule has 2 heterocycles. The summed E-state index contributed by atoms with van der Waals surface area (Å²) in [7, 11) is 0. The summed E-state index contributed by atoms with van der Waals surface area (Å²) in [4.78, 5) is 7.18. The van der Waals surface area contributed by atoms with Crippen molar-refractivity contribution in [2.24, 2.45) is 0 Å². The van der Waals surface area contributed by atoms with E-state index in [4.69, 9.17) is 4.98 Å². The van der Waals surface area contributed by atoms with Crippen molar-refractivity contribution in [1.82, 2.24) is 4.98 Å². The quantitative estimate of drug-likeness (QED) is 0.648. The molecule has 0 spiro atoms. The molecule has 3 aromatic rings. The number of benzene rings is 2. The van der Waals surface area contributed by atoms with Crippen molar-refractivity contribution in [3.63, 3.8) is 0 Å². The molecule has 1 atom stereocenters. The Labute approximate surface area is 118 Å². The van der Waals surface area contributed by atoms with Crippen molar-refractivity contribution < 1.29 is 0 Å². The lowest BCUT2D eigenvalue weighted by atomic mass is 10.1. The Morgan fingerprint density at radius 3 is 2.70 bits per heavy atom. The zero-order valence-electron chi connectivity index (χ0n) is 11.5. The van der Waals surface area contributed by atoms with E-state index < -0.39 is 0 Å². The summed E-state index contributed by atoms with van der Waals surface area (Å²) < 4.78 is 0. The average molecular weight is 260 g/mol. The second-order valence-electron chi connectivity index (χ2n) is 5.41. The molecular formula is C18H16N2. The summed E-state index contributed by atoms with van der Waals surface area (Å²) in [6, 6.07) is 21.6. The van der Waals surface area contributed by atoms with Crippen LogP contribution in [0.25, 0.3) is 10.9 Å². The molecule has 2 heteroatoms. The molecule has 0 amide bonds. The Bertz CT molecular complexity index is 779. The van der Waals surface area contributed by atoms with Crippen LogP contribution in [-0.2, 0) is 6.42 Å². The highest BCUT2D eigenvalue weighted by molar-refractivity contribution is 5.82. The normalized spacial score (nSPS) is 17.4. The third-order valence-electron chi connectivity index (χ3n) is 4.04. The molecule has 0 radical (unpaired) electrons. The van der Waals surface area contributed by atoms with Crippen molar-refractivity contribution in [2.45, 2.75) is 19.4 Å². The van der Waals surface area contributed by atoms with Gasteiger partial charge < -0.3 is 4.90 Å². The van der Waals surface area contributed by atoms with E-state index in [0.717, 1.165) is 17.8 Å². The number of nitrogens with zero attached hydrogens (tertiary/aromatic N) is 2. The Kier molecular flexibility index (Phi) is 2.49. The molecule has 0 unspecified atom stereocenters. The lowest BCUT2D eigenvalue weighted by Gasteiger charge is -2.24. The van der Waals surface area contributed by atoms with E-state index in [-0.39, 0.29) is 0 Å². The van der Waals surface area contributed by atoms with Crippen LogP contribution in [-0.4, -0.2) is 11.0 Å². The highest BCUT2D eigenvalue weighted by Gasteiger charge is 2.27. The number of pyridine rings is 1. The third-order valence-corrected chi connectivity index (χ3v) is 4.04. The van der Waals surface area contributed by atoms with E-state index in [1.165, 1.54) is 16.6 Å².